The number of fused-ring (bicyclic) bond motifs is 4. The molecule has 0 amide bonds. The molecule has 0 radical (unpaired) electrons. The molecule has 0 saturated heterocycles. The van der Waals surface area contributed by atoms with Crippen LogP contribution in [0.2, 0.25) is 0 Å². The van der Waals surface area contributed by atoms with E-state index in [1.54, 1.807) is 0 Å². The maximum atomic E-state index is 2.42. The third-order valence-electron chi connectivity index (χ3n) is 6.05. The Morgan fingerprint density at radius 3 is 2.65 bits per heavy atom. The summed E-state index contributed by atoms with van der Waals surface area (Å²) < 4.78 is 1.35. The first kappa shape index (κ1) is 16.3. The van der Waals surface area contributed by atoms with E-state index in [4.69, 9.17) is 0 Å². The van der Waals surface area contributed by atoms with Crippen molar-refractivity contribution in [2.75, 3.05) is 0 Å². The molecule has 1 unspecified atom stereocenters. The SMILES string of the molecule is CC1(C)c2ccccc2-c2ccc(C3=CCC4C=C(I)C=CC4=C3)cc21. The van der Waals surface area contributed by atoms with E-state index >= 15 is 0 Å². The van der Waals surface area contributed by atoms with Crippen molar-refractivity contribution < 1.29 is 0 Å². The first-order valence-electron chi connectivity index (χ1n) is 9.26. The van der Waals surface area contributed by atoms with Crippen LogP contribution in [0, 0.1) is 5.92 Å². The minimum absolute atomic E-state index is 0.0659. The predicted octanol–water partition coefficient (Wildman–Crippen LogP) is 7.21. The summed E-state index contributed by atoms with van der Waals surface area (Å²) >= 11 is 2.41. The van der Waals surface area contributed by atoms with Crippen molar-refractivity contribution >= 4 is 28.2 Å². The van der Waals surface area contributed by atoms with Crippen LogP contribution in [0.1, 0.15) is 37.0 Å². The lowest BCUT2D eigenvalue weighted by molar-refractivity contribution is 0.660. The molecule has 0 spiro atoms. The molecular weight excluding hydrogens is 427 g/mol. The summed E-state index contributed by atoms with van der Waals surface area (Å²) in [5.41, 5.74) is 9.89. The number of hydrogen-bond acceptors (Lipinski definition) is 0. The first-order chi connectivity index (χ1) is 12.5. The number of halogens is 1. The predicted molar refractivity (Wildman–Crippen MR) is 119 cm³/mol. The molecule has 0 aliphatic heterocycles. The molecular formula is C25H21I. The van der Waals surface area contributed by atoms with Crippen molar-refractivity contribution in [3.8, 4) is 11.1 Å². The van der Waals surface area contributed by atoms with Crippen LogP contribution in [-0.2, 0) is 5.41 Å². The summed E-state index contributed by atoms with van der Waals surface area (Å²) in [6.45, 7) is 4.70. The highest BCUT2D eigenvalue weighted by molar-refractivity contribution is 14.1. The maximum absolute atomic E-state index is 2.42. The average Bonchev–Trinajstić information content (AvgIpc) is 2.89. The fraction of sp³-hybridized carbons (Fsp3) is 0.200. The highest BCUT2D eigenvalue weighted by Gasteiger charge is 2.35. The highest BCUT2D eigenvalue weighted by atomic mass is 127. The zero-order valence-corrected chi connectivity index (χ0v) is 17.2. The van der Waals surface area contributed by atoms with Crippen LogP contribution in [0.5, 0.6) is 0 Å². The zero-order valence-electron chi connectivity index (χ0n) is 15.1. The van der Waals surface area contributed by atoms with Crippen LogP contribution in [0.4, 0.5) is 0 Å². The summed E-state index contributed by atoms with van der Waals surface area (Å²) in [6.07, 6.45) is 12.8. The lowest BCUT2D eigenvalue weighted by atomic mass is 9.80. The Labute approximate surface area is 169 Å². The average molecular weight is 448 g/mol. The summed E-state index contributed by atoms with van der Waals surface area (Å²) in [7, 11) is 0. The fourth-order valence-electron chi connectivity index (χ4n) is 4.58. The van der Waals surface area contributed by atoms with E-state index in [1.165, 1.54) is 42.5 Å². The van der Waals surface area contributed by atoms with Gasteiger partial charge in [-0.1, -0.05) is 74.5 Å². The smallest absolute Gasteiger partial charge is 0.0159 e. The van der Waals surface area contributed by atoms with Crippen LogP contribution in [0.25, 0.3) is 16.7 Å². The van der Waals surface area contributed by atoms with Gasteiger partial charge in [-0.3, -0.25) is 0 Å². The Morgan fingerprint density at radius 1 is 0.962 bits per heavy atom. The minimum atomic E-state index is 0.0659. The molecule has 1 heteroatoms. The molecule has 0 N–H and O–H groups in total. The van der Waals surface area contributed by atoms with Crippen LogP contribution < -0.4 is 0 Å². The van der Waals surface area contributed by atoms with Gasteiger partial charge in [0.15, 0.2) is 0 Å². The monoisotopic (exact) mass is 448 g/mol. The van der Waals surface area contributed by atoms with E-state index in [0.29, 0.717) is 5.92 Å². The molecule has 0 aromatic heterocycles. The van der Waals surface area contributed by atoms with E-state index in [2.05, 4.69) is 109 Å². The molecule has 128 valence electrons. The largest absolute Gasteiger partial charge is 0.0757 e. The fourth-order valence-corrected chi connectivity index (χ4v) is 5.19. The van der Waals surface area contributed by atoms with Crippen molar-refractivity contribution in [1.82, 2.24) is 0 Å². The molecule has 3 aliphatic carbocycles. The summed E-state index contributed by atoms with van der Waals surface area (Å²) in [6, 6.07) is 15.9. The van der Waals surface area contributed by atoms with Gasteiger partial charge in [-0.15, -0.1) is 0 Å². The summed E-state index contributed by atoms with van der Waals surface area (Å²) in [4.78, 5) is 0. The number of benzene rings is 2. The van der Waals surface area contributed by atoms with Crippen molar-refractivity contribution in [3.05, 3.63) is 98.7 Å². The summed E-state index contributed by atoms with van der Waals surface area (Å²) in [5.74, 6) is 0.547. The molecule has 0 saturated carbocycles. The van der Waals surface area contributed by atoms with Gasteiger partial charge in [0, 0.05) is 14.9 Å². The van der Waals surface area contributed by atoms with Crippen molar-refractivity contribution in [2.24, 2.45) is 5.92 Å². The first-order valence-corrected chi connectivity index (χ1v) is 10.3. The Bertz CT molecular complexity index is 1040. The maximum Gasteiger partial charge on any atom is 0.0159 e. The van der Waals surface area contributed by atoms with Crippen molar-refractivity contribution in [2.45, 2.75) is 25.7 Å². The third-order valence-corrected chi connectivity index (χ3v) is 6.77. The Hall–Kier alpha value is -1.87. The second kappa shape index (κ2) is 5.82. The van der Waals surface area contributed by atoms with Crippen LogP contribution in [0.3, 0.4) is 0 Å². The van der Waals surface area contributed by atoms with E-state index in [1.807, 2.05) is 0 Å². The molecule has 3 aliphatic rings. The lowest BCUT2D eigenvalue weighted by Gasteiger charge is -2.24. The molecule has 0 heterocycles. The highest BCUT2D eigenvalue weighted by Crippen LogP contribution is 2.49. The topological polar surface area (TPSA) is 0 Å². The molecule has 5 rings (SSSR count). The standard InChI is InChI=1S/C25H21I/c1-25(2)23-6-4-3-5-21(23)22-12-10-19(15-24(22)25)16-7-8-18-14-20(26)11-9-17(18)13-16/h3-7,9-15,18H,8H2,1-2H3. The number of allylic oxidation sites excluding steroid dienone is 8. The normalized spacial score (nSPS) is 22.0. The van der Waals surface area contributed by atoms with Crippen molar-refractivity contribution in [1.29, 1.82) is 0 Å². The van der Waals surface area contributed by atoms with Crippen LogP contribution >= 0.6 is 22.6 Å². The van der Waals surface area contributed by atoms with Gasteiger partial charge >= 0.3 is 0 Å². The van der Waals surface area contributed by atoms with E-state index in [9.17, 15) is 0 Å². The molecule has 2 aromatic carbocycles. The Kier molecular flexibility index (Phi) is 3.65. The number of hydrogen-bond donors (Lipinski definition) is 0. The minimum Gasteiger partial charge on any atom is -0.0757 e. The van der Waals surface area contributed by atoms with Gasteiger partial charge in [0.1, 0.15) is 0 Å². The van der Waals surface area contributed by atoms with Gasteiger partial charge in [-0.05, 0) is 80.1 Å². The van der Waals surface area contributed by atoms with E-state index < -0.39 is 0 Å². The van der Waals surface area contributed by atoms with E-state index in [-0.39, 0.29) is 5.41 Å². The molecule has 2 aromatic rings. The number of rotatable bonds is 1. The molecule has 0 nitrogen and oxygen atoms in total. The van der Waals surface area contributed by atoms with E-state index in [0.717, 1.165) is 6.42 Å². The van der Waals surface area contributed by atoms with Crippen molar-refractivity contribution in [3.63, 3.8) is 0 Å². The molecule has 1 atom stereocenters. The second-order valence-corrected chi connectivity index (χ2v) is 9.21. The molecule has 26 heavy (non-hydrogen) atoms. The van der Waals surface area contributed by atoms with Crippen LogP contribution in [0.15, 0.2) is 82.0 Å². The third kappa shape index (κ3) is 2.40. The van der Waals surface area contributed by atoms with Gasteiger partial charge < -0.3 is 0 Å². The molecule has 0 fully saturated rings. The summed E-state index contributed by atoms with van der Waals surface area (Å²) in [5, 5.41) is 0. The van der Waals surface area contributed by atoms with Gasteiger partial charge in [0.2, 0.25) is 0 Å². The van der Waals surface area contributed by atoms with Gasteiger partial charge in [-0.2, -0.15) is 0 Å². The lowest BCUT2D eigenvalue weighted by Crippen LogP contribution is -2.15. The quantitative estimate of drug-likeness (QED) is 0.405. The zero-order chi connectivity index (χ0) is 17.9. The molecule has 0 bridgehead atoms. The van der Waals surface area contributed by atoms with Crippen LogP contribution in [-0.4, -0.2) is 0 Å². The Morgan fingerprint density at radius 2 is 1.77 bits per heavy atom. The van der Waals surface area contributed by atoms with Gasteiger partial charge in [0.05, 0.1) is 0 Å². The van der Waals surface area contributed by atoms with Gasteiger partial charge in [-0.25, -0.2) is 0 Å². The Balaban J connectivity index is 1.58. The second-order valence-electron chi connectivity index (χ2n) is 7.96. The van der Waals surface area contributed by atoms with Gasteiger partial charge in [0.25, 0.3) is 0 Å².